The Morgan fingerprint density at radius 3 is 2.32 bits per heavy atom. The van der Waals surface area contributed by atoms with E-state index in [9.17, 15) is 25.8 Å². The van der Waals surface area contributed by atoms with Gasteiger partial charge in [-0.25, -0.2) is 4.79 Å². The number of nitriles is 5. The third kappa shape index (κ3) is 2.13. The summed E-state index contributed by atoms with van der Waals surface area (Å²) in [5.41, 5.74) is -4.82. The van der Waals surface area contributed by atoms with Crippen LogP contribution in [0, 0.1) is 67.5 Å². The second kappa shape index (κ2) is 6.21. The van der Waals surface area contributed by atoms with Crippen LogP contribution in [0.2, 0.25) is 0 Å². The van der Waals surface area contributed by atoms with Crippen molar-refractivity contribution in [3.8, 4) is 30.3 Å². The van der Waals surface area contributed by atoms with Crippen molar-refractivity contribution in [1.82, 2.24) is 4.90 Å². The van der Waals surface area contributed by atoms with E-state index in [4.69, 9.17) is 10.00 Å². The average molecular weight is 330 g/mol. The van der Waals surface area contributed by atoms with Gasteiger partial charge in [0.1, 0.15) is 0 Å². The molecule has 0 N–H and O–H groups in total. The molecule has 0 aromatic carbocycles. The first-order valence-electron chi connectivity index (χ1n) is 7.12. The van der Waals surface area contributed by atoms with E-state index in [1.54, 1.807) is 31.2 Å². The molecule has 2 rings (SSSR count). The van der Waals surface area contributed by atoms with Crippen LogP contribution in [0.5, 0.6) is 0 Å². The van der Waals surface area contributed by atoms with Gasteiger partial charge in [-0.3, -0.25) is 0 Å². The van der Waals surface area contributed by atoms with Gasteiger partial charge >= 0.3 is 5.97 Å². The molecule has 2 aliphatic rings. The summed E-state index contributed by atoms with van der Waals surface area (Å²) < 4.78 is 4.90. The Morgan fingerprint density at radius 2 is 1.84 bits per heavy atom. The zero-order valence-electron chi connectivity index (χ0n) is 13.1. The fraction of sp³-hybridized carbons (Fsp3) is 0.294. The van der Waals surface area contributed by atoms with Crippen LogP contribution in [-0.2, 0) is 9.53 Å². The van der Waals surface area contributed by atoms with Crippen LogP contribution in [0.15, 0.2) is 35.7 Å². The number of allylic oxidation sites excluding steroid dienone is 2. The summed E-state index contributed by atoms with van der Waals surface area (Å²) in [6.07, 6.45) is 5.38. The van der Waals surface area contributed by atoms with Crippen molar-refractivity contribution < 1.29 is 9.53 Å². The Balaban J connectivity index is 2.87. The van der Waals surface area contributed by atoms with Crippen molar-refractivity contribution in [2.75, 3.05) is 6.61 Å². The Labute approximate surface area is 143 Å². The number of esters is 1. The molecule has 2 heterocycles. The van der Waals surface area contributed by atoms with Crippen molar-refractivity contribution in [2.24, 2.45) is 10.8 Å². The summed E-state index contributed by atoms with van der Waals surface area (Å²) in [5.74, 6) is -0.956. The van der Waals surface area contributed by atoms with Gasteiger partial charge in [-0.2, -0.15) is 26.3 Å². The molecule has 8 heteroatoms. The van der Waals surface area contributed by atoms with Crippen LogP contribution in [0.3, 0.4) is 0 Å². The highest BCUT2D eigenvalue weighted by molar-refractivity contribution is 5.93. The largest absolute Gasteiger partial charge is 0.463 e. The van der Waals surface area contributed by atoms with E-state index >= 15 is 0 Å². The molecule has 0 aliphatic carbocycles. The zero-order chi connectivity index (χ0) is 18.7. The van der Waals surface area contributed by atoms with Crippen LogP contribution in [0.1, 0.15) is 6.92 Å². The van der Waals surface area contributed by atoms with Gasteiger partial charge in [-0.1, -0.05) is 0 Å². The number of rotatable bonds is 2. The SMILES string of the molecule is CCOC(=O)C1=CN2C=CC(C#N)=CC2C(C#N)(C#N)C1(C#N)C#N. The molecule has 0 saturated carbocycles. The fourth-order valence-electron chi connectivity index (χ4n) is 2.86. The zero-order valence-corrected chi connectivity index (χ0v) is 13.1. The van der Waals surface area contributed by atoms with Gasteiger partial charge in [-0.15, -0.1) is 0 Å². The number of nitrogens with zero attached hydrogens (tertiary/aromatic N) is 6. The van der Waals surface area contributed by atoms with Crippen LogP contribution < -0.4 is 0 Å². The molecular formula is C17H10N6O2. The molecular weight excluding hydrogens is 320 g/mol. The lowest BCUT2D eigenvalue weighted by molar-refractivity contribution is -0.140. The molecule has 25 heavy (non-hydrogen) atoms. The maximum absolute atomic E-state index is 12.3. The van der Waals surface area contributed by atoms with Crippen LogP contribution in [0.25, 0.3) is 0 Å². The first kappa shape index (κ1) is 17.3. The van der Waals surface area contributed by atoms with Crippen molar-refractivity contribution in [1.29, 1.82) is 26.3 Å². The Morgan fingerprint density at radius 1 is 1.20 bits per heavy atom. The van der Waals surface area contributed by atoms with Gasteiger partial charge in [0, 0.05) is 12.4 Å². The maximum atomic E-state index is 12.3. The number of carbonyl (C=O) groups excluding carboxylic acids is 1. The van der Waals surface area contributed by atoms with E-state index in [0.717, 1.165) is 0 Å². The number of ether oxygens (including phenoxy) is 1. The maximum Gasteiger partial charge on any atom is 0.338 e. The minimum absolute atomic E-state index is 0.00698. The van der Waals surface area contributed by atoms with Gasteiger partial charge in [0.05, 0.1) is 54.1 Å². The van der Waals surface area contributed by atoms with E-state index in [0.29, 0.717) is 0 Å². The molecule has 0 saturated heterocycles. The average Bonchev–Trinajstić information content (AvgIpc) is 2.65. The Kier molecular flexibility index (Phi) is 4.30. The lowest BCUT2D eigenvalue weighted by Gasteiger charge is -2.45. The summed E-state index contributed by atoms with van der Waals surface area (Å²) in [6.45, 7) is 1.54. The summed E-state index contributed by atoms with van der Waals surface area (Å²) >= 11 is 0. The van der Waals surface area contributed by atoms with Gasteiger partial charge < -0.3 is 9.64 Å². The van der Waals surface area contributed by atoms with Crippen molar-refractivity contribution in [3.63, 3.8) is 0 Å². The van der Waals surface area contributed by atoms with Crippen LogP contribution in [-0.4, -0.2) is 23.5 Å². The number of carbonyl (C=O) groups is 1. The lowest BCUT2D eigenvalue weighted by Crippen LogP contribution is -2.57. The van der Waals surface area contributed by atoms with Crippen molar-refractivity contribution in [2.45, 2.75) is 13.0 Å². The lowest BCUT2D eigenvalue weighted by atomic mass is 9.56. The summed E-state index contributed by atoms with van der Waals surface area (Å²) in [5, 5.41) is 48.0. The normalized spacial score (nSPS) is 21.6. The molecule has 120 valence electrons. The third-order valence-electron chi connectivity index (χ3n) is 4.11. The van der Waals surface area contributed by atoms with Crippen molar-refractivity contribution in [3.05, 3.63) is 35.7 Å². The van der Waals surface area contributed by atoms with E-state index in [1.165, 1.54) is 29.5 Å². The summed E-state index contributed by atoms with van der Waals surface area (Å²) in [4.78, 5) is 13.7. The molecule has 8 nitrogen and oxygen atoms in total. The highest BCUT2D eigenvalue weighted by atomic mass is 16.5. The summed E-state index contributed by atoms with van der Waals surface area (Å²) in [7, 11) is 0. The molecule has 2 aliphatic heterocycles. The smallest absolute Gasteiger partial charge is 0.338 e. The van der Waals surface area contributed by atoms with E-state index < -0.39 is 28.4 Å². The Hall–Kier alpha value is -4.06. The quantitative estimate of drug-likeness (QED) is 0.684. The summed E-state index contributed by atoms with van der Waals surface area (Å²) in [6, 6.07) is 7.65. The van der Waals surface area contributed by atoms with Crippen LogP contribution in [0.4, 0.5) is 0 Å². The molecule has 0 spiro atoms. The predicted octanol–water partition coefficient (Wildman–Crippen LogP) is 1.16. The number of hydrogen-bond acceptors (Lipinski definition) is 8. The third-order valence-corrected chi connectivity index (χ3v) is 4.11. The molecule has 1 unspecified atom stereocenters. The fourth-order valence-corrected chi connectivity index (χ4v) is 2.86. The molecule has 0 aromatic heterocycles. The second-order valence-electron chi connectivity index (χ2n) is 5.21. The first-order chi connectivity index (χ1) is 12.0. The topological polar surface area (TPSA) is 148 Å². The molecule has 0 bridgehead atoms. The molecule has 0 radical (unpaired) electrons. The van der Waals surface area contributed by atoms with E-state index in [-0.39, 0.29) is 12.2 Å². The van der Waals surface area contributed by atoms with Gasteiger partial charge in [0.15, 0.2) is 0 Å². The molecule has 0 aromatic rings. The van der Waals surface area contributed by atoms with Crippen molar-refractivity contribution >= 4 is 5.97 Å². The second-order valence-corrected chi connectivity index (χ2v) is 5.21. The van der Waals surface area contributed by atoms with Gasteiger partial charge in [0.25, 0.3) is 0 Å². The molecule has 0 amide bonds. The minimum atomic E-state index is -2.37. The Bertz CT molecular complexity index is 895. The number of fused-ring (bicyclic) bond motifs is 1. The standard InChI is InChI=1S/C17H10N6O2/c1-2-25-15(24)13-7-23-4-3-12(6-18)5-14(23)17(10-21,11-22)16(13,8-19)9-20/h3-5,7,14H,2H2,1H3. The van der Waals surface area contributed by atoms with E-state index in [2.05, 4.69) is 0 Å². The predicted molar refractivity (Wildman–Crippen MR) is 80.5 cm³/mol. The first-order valence-corrected chi connectivity index (χ1v) is 7.12. The number of hydrogen-bond donors (Lipinski definition) is 0. The van der Waals surface area contributed by atoms with Crippen LogP contribution >= 0.6 is 0 Å². The van der Waals surface area contributed by atoms with E-state index in [1.807, 2.05) is 6.07 Å². The monoisotopic (exact) mass is 330 g/mol. The van der Waals surface area contributed by atoms with Gasteiger partial charge in [-0.05, 0) is 19.1 Å². The molecule has 0 fully saturated rings. The molecule has 1 atom stereocenters. The van der Waals surface area contributed by atoms with Gasteiger partial charge in [0.2, 0.25) is 10.8 Å². The highest BCUT2D eigenvalue weighted by Gasteiger charge is 2.66. The highest BCUT2D eigenvalue weighted by Crippen LogP contribution is 2.52. The minimum Gasteiger partial charge on any atom is -0.463 e.